The van der Waals surface area contributed by atoms with Crippen molar-refractivity contribution in [3.8, 4) is 56.5 Å². The van der Waals surface area contributed by atoms with Gasteiger partial charge in [-0.25, -0.2) is 4.98 Å². The minimum Gasteiger partial charge on any atom is -0.292 e. The number of nitrogens with zero attached hydrogens (tertiary/aromatic N) is 3. The van der Waals surface area contributed by atoms with E-state index in [1.807, 2.05) is 24.3 Å². The van der Waals surface area contributed by atoms with E-state index in [0.29, 0.717) is 5.56 Å². The molecule has 0 aliphatic rings. The highest BCUT2D eigenvalue weighted by Crippen LogP contribution is 2.45. The zero-order valence-electron chi connectivity index (χ0n) is 28.7. The molecule has 0 aliphatic heterocycles. The Kier molecular flexibility index (Phi) is 7.20. The summed E-state index contributed by atoms with van der Waals surface area (Å²) in [6.07, 6.45) is 0. The van der Waals surface area contributed by atoms with Crippen LogP contribution in [0.25, 0.3) is 93.8 Å². The van der Waals surface area contributed by atoms with Crippen molar-refractivity contribution in [3.05, 3.63) is 194 Å². The topological polar surface area (TPSA) is 41.6 Å². The van der Waals surface area contributed by atoms with E-state index in [4.69, 9.17) is 4.98 Å². The van der Waals surface area contributed by atoms with Crippen LogP contribution in [0.5, 0.6) is 0 Å². The SMILES string of the molecule is N#Cc1ccc2c(c1)nc(-c1ccccc1-c1ccccc1)n2-c1cccc(-c2c3ccccc3c(-c3ccc4ccccc4c3)c3ccccc23)c1. The van der Waals surface area contributed by atoms with Gasteiger partial charge in [0.05, 0.1) is 22.7 Å². The minimum absolute atomic E-state index is 0.586. The quantitative estimate of drug-likeness (QED) is 0.171. The van der Waals surface area contributed by atoms with Gasteiger partial charge in [-0.05, 0) is 102 Å². The van der Waals surface area contributed by atoms with Gasteiger partial charge in [-0.15, -0.1) is 0 Å². The van der Waals surface area contributed by atoms with Crippen LogP contribution in [0, 0.1) is 11.3 Å². The lowest BCUT2D eigenvalue weighted by Crippen LogP contribution is -1.99. The zero-order valence-corrected chi connectivity index (χ0v) is 28.7. The van der Waals surface area contributed by atoms with Gasteiger partial charge in [0.25, 0.3) is 0 Å². The molecule has 10 rings (SSSR count). The maximum Gasteiger partial charge on any atom is 0.146 e. The molecule has 10 aromatic rings. The summed E-state index contributed by atoms with van der Waals surface area (Å²) in [5, 5.41) is 17.1. The lowest BCUT2D eigenvalue weighted by atomic mass is 9.85. The summed E-state index contributed by atoms with van der Waals surface area (Å²) >= 11 is 0. The molecule has 0 spiro atoms. The first-order chi connectivity index (χ1) is 26.2. The van der Waals surface area contributed by atoms with Crippen LogP contribution in [-0.2, 0) is 0 Å². The molecule has 1 heterocycles. The Morgan fingerprint density at radius 2 is 1.02 bits per heavy atom. The first-order valence-corrected chi connectivity index (χ1v) is 17.9. The van der Waals surface area contributed by atoms with E-state index >= 15 is 0 Å². The van der Waals surface area contributed by atoms with Crippen LogP contribution in [0.15, 0.2) is 188 Å². The molecule has 53 heavy (non-hydrogen) atoms. The van der Waals surface area contributed by atoms with E-state index in [-0.39, 0.29) is 0 Å². The van der Waals surface area contributed by atoms with Crippen LogP contribution in [-0.4, -0.2) is 9.55 Å². The van der Waals surface area contributed by atoms with E-state index in [0.717, 1.165) is 44.8 Å². The van der Waals surface area contributed by atoms with Gasteiger partial charge in [-0.3, -0.25) is 4.57 Å². The summed E-state index contributed by atoms with van der Waals surface area (Å²) in [5.41, 5.74) is 11.3. The van der Waals surface area contributed by atoms with E-state index in [9.17, 15) is 5.26 Å². The Balaban J connectivity index is 1.23. The van der Waals surface area contributed by atoms with Crippen molar-refractivity contribution in [2.24, 2.45) is 0 Å². The maximum atomic E-state index is 9.79. The van der Waals surface area contributed by atoms with Crippen molar-refractivity contribution in [1.29, 1.82) is 5.26 Å². The van der Waals surface area contributed by atoms with Crippen LogP contribution >= 0.6 is 0 Å². The van der Waals surface area contributed by atoms with Crippen molar-refractivity contribution >= 4 is 43.4 Å². The van der Waals surface area contributed by atoms with Gasteiger partial charge in [0.2, 0.25) is 0 Å². The largest absolute Gasteiger partial charge is 0.292 e. The summed E-state index contributed by atoms with van der Waals surface area (Å²) in [4.78, 5) is 5.23. The Hall–Kier alpha value is -7.28. The second-order valence-electron chi connectivity index (χ2n) is 13.5. The highest BCUT2D eigenvalue weighted by atomic mass is 15.1. The lowest BCUT2D eigenvalue weighted by molar-refractivity contribution is 1.10. The third kappa shape index (κ3) is 5.08. The monoisotopic (exact) mass is 673 g/mol. The highest BCUT2D eigenvalue weighted by molar-refractivity contribution is 6.21. The third-order valence-electron chi connectivity index (χ3n) is 10.4. The number of aromatic nitrogens is 2. The second-order valence-corrected chi connectivity index (χ2v) is 13.5. The number of benzene rings is 9. The molecule has 0 N–H and O–H groups in total. The van der Waals surface area contributed by atoms with Crippen LogP contribution in [0.2, 0.25) is 0 Å². The van der Waals surface area contributed by atoms with Gasteiger partial charge in [0, 0.05) is 11.3 Å². The molecule has 0 aliphatic carbocycles. The summed E-state index contributed by atoms with van der Waals surface area (Å²) in [6, 6.07) is 68.8. The van der Waals surface area contributed by atoms with Gasteiger partial charge in [-0.1, -0.05) is 152 Å². The van der Waals surface area contributed by atoms with Crippen molar-refractivity contribution in [2.45, 2.75) is 0 Å². The standard InChI is InChI=1S/C50H31N3/c51-32-33-25-28-47-46(29-33)52-50(45-24-11-6-19-40(45)35-14-2-1-3-15-35)53(47)39-18-12-17-37(31-39)48-41-20-7-9-22-43(41)49(44-23-10-8-21-42(44)48)38-27-26-34-13-4-5-16-36(34)30-38/h1-31H. The molecule has 0 radical (unpaired) electrons. The summed E-state index contributed by atoms with van der Waals surface area (Å²) in [7, 11) is 0. The number of rotatable bonds is 5. The molecule has 1 aromatic heterocycles. The number of fused-ring (bicyclic) bond motifs is 4. The van der Waals surface area contributed by atoms with Crippen LogP contribution < -0.4 is 0 Å². The molecule has 0 amide bonds. The van der Waals surface area contributed by atoms with Crippen molar-refractivity contribution < 1.29 is 0 Å². The first kappa shape index (κ1) is 30.5. The Morgan fingerprint density at radius 1 is 0.434 bits per heavy atom. The molecule has 0 atom stereocenters. The zero-order chi connectivity index (χ0) is 35.3. The summed E-state index contributed by atoms with van der Waals surface area (Å²) in [6.45, 7) is 0. The highest BCUT2D eigenvalue weighted by Gasteiger charge is 2.21. The molecular weight excluding hydrogens is 643 g/mol. The number of hydrogen-bond acceptors (Lipinski definition) is 2. The molecular formula is C50H31N3. The molecule has 0 saturated carbocycles. The molecule has 0 saturated heterocycles. The Bertz CT molecular complexity index is 3020. The average molecular weight is 674 g/mol. The van der Waals surface area contributed by atoms with Gasteiger partial charge < -0.3 is 0 Å². The third-order valence-corrected chi connectivity index (χ3v) is 10.4. The van der Waals surface area contributed by atoms with Crippen LogP contribution in [0.1, 0.15) is 5.56 Å². The van der Waals surface area contributed by atoms with E-state index in [1.165, 1.54) is 49.0 Å². The van der Waals surface area contributed by atoms with Crippen molar-refractivity contribution in [1.82, 2.24) is 9.55 Å². The molecule has 9 aromatic carbocycles. The van der Waals surface area contributed by atoms with E-state index < -0.39 is 0 Å². The normalized spacial score (nSPS) is 11.4. The second kappa shape index (κ2) is 12.5. The average Bonchev–Trinajstić information content (AvgIpc) is 3.61. The fourth-order valence-electron chi connectivity index (χ4n) is 8.04. The molecule has 0 fully saturated rings. The lowest BCUT2D eigenvalue weighted by Gasteiger charge is -2.19. The van der Waals surface area contributed by atoms with E-state index in [1.54, 1.807) is 0 Å². The van der Waals surface area contributed by atoms with Gasteiger partial charge in [0.1, 0.15) is 5.82 Å². The number of nitriles is 1. The number of hydrogen-bond donors (Lipinski definition) is 0. The maximum absolute atomic E-state index is 9.79. The first-order valence-electron chi connectivity index (χ1n) is 17.9. The fraction of sp³-hybridized carbons (Fsp3) is 0. The Labute approximate surface area is 307 Å². The molecule has 3 heteroatoms. The molecule has 0 unspecified atom stereocenters. The van der Waals surface area contributed by atoms with Gasteiger partial charge >= 0.3 is 0 Å². The molecule has 3 nitrogen and oxygen atoms in total. The summed E-state index contributed by atoms with van der Waals surface area (Å²) < 4.78 is 2.25. The summed E-state index contributed by atoms with van der Waals surface area (Å²) in [5.74, 6) is 0.827. The Morgan fingerprint density at radius 3 is 1.72 bits per heavy atom. The van der Waals surface area contributed by atoms with E-state index in [2.05, 4.69) is 174 Å². The number of imidazole rings is 1. The van der Waals surface area contributed by atoms with Gasteiger partial charge in [0.15, 0.2) is 0 Å². The van der Waals surface area contributed by atoms with Crippen molar-refractivity contribution in [2.75, 3.05) is 0 Å². The molecule has 0 bridgehead atoms. The fourth-order valence-corrected chi connectivity index (χ4v) is 8.04. The predicted molar refractivity (Wildman–Crippen MR) is 220 cm³/mol. The predicted octanol–water partition coefficient (Wildman–Crippen LogP) is 13.0. The molecule has 246 valence electrons. The minimum atomic E-state index is 0.586. The van der Waals surface area contributed by atoms with Crippen LogP contribution in [0.3, 0.4) is 0 Å². The van der Waals surface area contributed by atoms with Crippen LogP contribution in [0.4, 0.5) is 0 Å². The smallest absolute Gasteiger partial charge is 0.146 e. The van der Waals surface area contributed by atoms with Gasteiger partial charge in [-0.2, -0.15) is 5.26 Å². The van der Waals surface area contributed by atoms with Crippen molar-refractivity contribution in [3.63, 3.8) is 0 Å².